The van der Waals surface area contributed by atoms with Gasteiger partial charge in [-0.15, -0.1) is 0 Å². The quantitative estimate of drug-likeness (QED) is 0.866. The minimum Gasteiger partial charge on any atom is -0.495 e. The van der Waals surface area contributed by atoms with Crippen LogP contribution in [0.3, 0.4) is 0 Å². The SMILES string of the molecule is COc1ccc(C[C@@H](C)N)cc1S(=O)(=O)NC(C)(C)C. The third-order valence-corrected chi connectivity index (χ3v) is 4.29. The summed E-state index contributed by atoms with van der Waals surface area (Å²) in [6.07, 6.45) is 0.613. The molecule has 0 saturated heterocycles. The zero-order valence-corrected chi connectivity index (χ0v) is 13.5. The topological polar surface area (TPSA) is 81.4 Å². The zero-order valence-electron chi connectivity index (χ0n) is 12.7. The van der Waals surface area contributed by atoms with Crippen molar-refractivity contribution in [3.63, 3.8) is 0 Å². The molecule has 1 rings (SSSR count). The van der Waals surface area contributed by atoms with Gasteiger partial charge in [-0.25, -0.2) is 13.1 Å². The van der Waals surface area contributed by atoms with Crippen molar-refractivity contribution in [2.24, 2.45) is 5.73 Å². The van der Waals surface area contributed by atoms with Gasteiger partial charge >= 0.3 is 0 Å². The highest BCUT2D eigenvalue weighted by Crippen LogP contribution is 2.26. The molecular formula is C14H24N2O3S. The van der Waals surface area contributed by atoms with Gasteiger partial charge in [-0.1, -0.05) is 6.07 Å². The molecule has 0 aromatic heterocycles. The average Bonchev–Trinajstić information content (AvgIpc) is 2.25. The van der Waals surface area contributed by atoms with Gasteiger partial charge in [0.15, 0.2) is 0 Å². The molecule has 1 aromatic rings. The highest BCUT2D eigenvalue weighted by Gasteiger charge is 2.25. The molecular weight excluding hydrogens is 276 g/mol. The van der Waals surface area contributed by atoms with E-state index < -0.39 is 15.6 Å². The van der Waals surface area contributed by atoms with Crippen molar-refractivity contribution < 1.29 is 13.2 Å². The summed E-state index contributed by atoms with van der Waals surface area (Å²) in [5.41, 5.74) is 6.08. The van der Waals surface area contributed by atoms with Crippen molar-refractivity contribution in [3.8, 4) is 5.75 Å². The number of benzene rings is 1. The summed E-state index contributed by atoms with van der Waals surface area (Å²) in [6.45, 7) is 7.26. The summed E-state index contributed by atoms with van der Waals surface area (Å²) in [5, 5.41) is 0. The minimum atomic E-state index is -3.63. The monoisotopic (exact) mass is 300 g/mol. The fourth-order valence-corrected chi connectivity index (χ4v) is 3.53. The van der Waals surface area contributed by atoms with E-state index in [0.717, 1.165) is 5.56 Å². The summed E-state index contributed by atoms with van der Waals surface area (Å²) in [4.78, 5) is 0.146. The second-order valence-electron chi connectivity index (χ2n) is 6.02. The second kappa shape index (κ2) is 6.11. The molecule has 0 aliphatic heterocycles. The first-order valence-corrected chi connectivity index (χ1v) is 8.00. The van der Waals surface area contributed by atoms with Crippen LogP contribution >= 0.6 is 0 Å². The van der Waals surface area contributed by atoms with E-state index in [1.165, 1.54) is 7.11 Å². The standard InChI is InChI=1S/C14H24N2O3S/c1-10(15)8-11-6-7-12(19-5)13(9-11)20(17,18)16-14(2,3)4/h6-7,9-10,16H,8,15H2,1-5H3/t10-/m1/s1. The molecule has 0 saturated carbocycles. The predicted molar refractivity (Wildman–Crippen MR) is 80.4 cm³/mol. The first-order chi connectivity index (χ1) is 9.05. The predicted octanol–water partition coefficient (Wildman–Crippen LogP) is 1.66. The van der Waals surface area contributed by atoms with E-state index >= 15 is 0 Å². The third-order valence-electron chi connectivity index (χ3n) is 2.52. The minimum absolute atomic E-state index is 0.0328. The largest absolute Gasteiger partial charge is 0.495 e. The number of nitrogens with two attached hydrogens (primary N) is 1. The summed E-state index contributed by atoms with van der Waals surface area (Å²) in [7, 11) is -2.18. The first kappa shape index (κ1) is 16.9. The van der Waals surface area contributed by atoms with E-state index in [2.05, 4.69) is 4.72 Å². The normalized spacial score (nSPS) is 14.1. The van der Waals surface area contributed by atoms with Crippen LogP contribution in [-0.4, -0.2) is 27.1 Å². The maximum absolute atomic E-state index is 12.4. The number of ether oxygens (including phenoxy) is 1. The summed E-state index contributed by atoms with van der Waals surface area (Å²) in [6, 6.07) is 5.08. The van der Waals surface area contributed by atoms with Crippen LogP contribution in [0.25, 0.3) is 0 Å². The van der Waals surface area contributed by atoms with Gasteiger partial charge in [-0.05, 0) is 51.8 Å². The summed E-state index contributed by atoms with van der Waals surface area (Å²) >= 11 is 0. The molecule has 0 fully saturated rings. The van der Waals surface area contributed by atoms with E-state index in [9.17, 15) is 8.42 Å². The maximum Gasteiger partial charge on any atom is 0.244 e. The number of nitrogens with one attached hydrogen (secondary N) is 1. The van der Waals surface area contributed by atoms with Gasteiger partial charge < -0.3 is 10.5 Å². The highest BCUT2D eigenvalue weighted by atomic mass is 32.2. The molecule has 0 bridgehead atoms. The Bertz CT molecular complexity index is 560. The number of rotatable bonds is 5. The van der Waals surface area contributed by atoms with E-state index in [1.54, 1.807) is 32.9 Å². The number of hydrogen-bond donors (Lipinski definition) is 2. The van der Waals surface area contributed by atoms with Gasteiger partial charge in [-0.2, -0.15) is 0 Å². The molecule has 0 radical (unpaired) electrons. The van der Waals surface area contributed by atoms with E-state index in [0.29, 0.717) is 12.2 Å². The van der Waals surface area contributed by atoms with Gasteiger partial charge in [0.25, 0.3) is 0 Å². The van der Waals surface area contributed by atoms with Crippen LogP contribution < -0.4 is 15.2 Å². The first-order valence-electron chi connectivity index (χ1n) is 6.51. The molecule has 0 heterocycles. The molecule has 0 spiro atoms. The number of sulfonamides is 1. The van der Waals surface area contributed by atoms with Crippen molar-refractivity contribution in [3.05, 3.63) is 23.8 Å². The molecule has 6 heteroatoms. The molecule has 0 aliphatic rings. The fraction of sp³-hybridized carbons (Fsp3) is 0.571. The van der Waals surface area contributed by atoms with Gasteiger partial charge in [0.1, 0.15) is 10.6 Å². The van der Waals surface area contributed by atoms with Gasteiger partial charge in [0.2, 0.25) is 10.0 Å². The van der Waals surface area contributed by atoms with Gasteiger partial charge in [0, 0.05) is 11.6 Å². The van der Waals surface area contributed by atoms with Crippen LogP contribution in [0.4, 0.5) is 0 Å². The Morgan fingerprint density at radius 1 is 1.35 bits per heavy atom. The van der Waals surface area contributed by atoms with E-state index in [-0.39, 0.29) is 10.9 Å². The molecule has 0 amide bonds. The second-order valence-corrected chi connectivity index (χ2v) is 7.67. The Morgan fingerprint density at radius 3 is 2.40 bits per heavy atom. The van der Waals surface area contributed by atoms with Crippen molar-refractivity contribution in [1.29, 1.82) is 0 Å². The molecule has 0 unspecified atom stereocenters. The molecule has 3 N–H and O–H groups in total. The van der Waals surface area contributed by atoms with Crippen LogP contribution in [0.5, 0.6) is 5.75 Å². The van der Waals surface area contributed by atoms with Crippen LogP contribution in [0, 0.1) is 0 Å². The zero-order chi connectivity index (χ0) is 15.6. The Balaban J connectivity index is 3.26. The lowest BCUT2D eigenvalue weighted by molar-refractivity contribution is 0.400. The van der Waals surface area contributed by atoms with Crippen LogP contribution in [0.15, 0.2) is 23.1 Å². The fourth-order valence-electron chi connectivity index (χ4n) is 1.89. The maximum atomic E-state index is 12.4. The smallest absolute Gasteiger partial charge is 0.244 e. The van der Waals surface area contributed by atoms with Crippen LogP contribution in [-0.2, 0) is 16.4 Å². The number of methoxy groups -OCH3 is 1. The Morgan fingerprint density at radius 2 is 1.95 bits per heavy atom. The lowest BCUT2D eigenvalue weighted by atomic mass is 10.1. The number of hydrogen-bond acceptors (Lipinski definition) is 4. The Hall–Kier alpha value is -1.11. The summed E-state index contributed by atoms with van der Waals surface area (Å²) < 4.78 is 32.7. The van der Waals surface area contributed by atoms with Crippen molar-refractivity contribution >= 4 is 10.0 Å². The van der Waals surface area contributed by atoms with Crippen molar-refractivity contribution in [1.82, 2.24) is 4.72 Å². The third kappa shape index (κ3) is 4.77. The van der Waals surface area contributed by atoms with Crippen molar-refractivity contribution in [2.75, 3.05) is 7.11 Å². The Labute approximate surface area is 121 Å². The molecule has 1 atom stereocenters. The summed E-state index contributed by atoms with van der Waals surface area (Å²) in [5.74, 6) is 0.329. The molecule has 5 nitrogen and oxygen atoms in total. The molecule has 20 heavy (non-hydrogen) atoms. The Kier molecular flexibility index (Phi) is 5.18. The van der Waals surface area contributed by atoms with Crippen LogP contribution in [0.1, 0.15) is 33.3 Å². The van der Waals surface area contributed by atoms with Crippen LogP contribution in [0.2, 0.25) is 0 Å². The van der Waals surface area contributed by atoms with Crippen molar-refractivity contribution in [2.45, 2.75) is 50.6 Å². The highest BCUT2D eigenvalue weighted by molar-refractivity contribution is 7.89. The lowest BCUT2D eigenvalue weighted by Gasteiger charge is -2.21. The van der Waals surface area contributed by atoms with E-state index in [4.69, 9.17) is 10.5 Å². The van der Waals surface area contributed by atoms with E-state index in [1.807, 2.05) is 13.0 Å². The van der Waals surface area contributed by atoms with Gasteiger partial charge in [0.05, 0.1) is 7.11 Å². The molecule has 1 aromatic carbocycles. The average molecular weight is 300 g/mol. The van der Waals surface area contributed by atoms with Gasteiger partial charge in [-0.3, -0.25) is 0 Å². The molecule has 0 aliphatic carbocycles. The lowest BCUT2D eigenvalue weighted by Crippen LogP contribution is -2.40. The molecule has 114 valence electrons.